The molecule has 1 aliphatic rings. The van der Waals surface area contributed by atoms with E-state index in [0.29, 0.717) is 5.69 Å². The van der Waals surface area contributed by atoms with E-state index in [-0.39, 0.29) is 5.69 Å². The van der Waals surface area contributed by atoms with Crippen LogP contribution in [0.1, 0.15) is 11.8 Å². The maximum atomic E-state index is 10.7. The SMILES string of the molecule is OCC(O)C(OC1O[C@H](CO)[C@H](O)[C@H](O)[C@H]1O)[C@@H](O)c1cn(-c2ccccc2)nn1. The van der Waals surface area contributed by atoms with E-state index >= 15 is 0 Å². The first kappa shape index (κ1) is 22.7. The molecule has 2 heterocycles. The minimum absolute atomic E-state index is 0.000874. The highest BCUT2D eigenvalue weighted by Gasteiger charge is 2.46. The van der Waals surface area contributed by atoms with Gasteiger partial charge in [0.25, 0.3) is 0 Å². The van der Waals surface area contributed by atoms with Crippen molar-refractivity contribution in [1.82, 2.24) is 15.0 Å². The van der Waals surface area contributed by atoms with Gasteiger partial charge in [-0.25, -0.2) is 4.68 Å². The zero-order valence-corrected chi connectivity index (χ0v) is 15.8. The summed E-state index contributed by atoms with van der Waals surface area (Å²) >= 11 is 0. The molecule has 1 aliphatic heterocycles. The molecule has 1 fully saturated rings. The van der Waals surface area contributed by atoms with Crippen molar-refractivity contribution in [3.63, 3.8) is 0 Å². The third-order valence-corrected chi connectivity index (χ3v) is 4.85. The standard InChI is InChI=1S/C18H25N3O9/c22-7-11(24)17(30-18-16(28)15(27)14(26)12(8-23)29-18)13(25)10-6-21(20-19-10)9-4-2-1-3-5-9/h1-6,11-18,22-28H,7-8H2/t11?,12-,13+,14+,15+,16-,17?,18?/m1/s1. The Morgan fingerprint density at radius 1 is 1.03 bits per heavy atom. The molecule has 7 N–H and O–H groups in total. The van der Waals surface area contributed by atoms with Crippen LogP contribution in [0.4, 0.5) is 0 Å². The summed E-state index contributed by atoms with van der Waals surface area (Å²) in [5.41, 5.74) is 0.665. The maximum absolute atomic E-state index is 10.7. The zero-order valence-electron chi connectivity index (χ0n) is 15.8. The number of aliphatic hydroxyl groups is 7. The first-order chi connectivity index (χ1) is 14.4. The van der Waals surface area contributed by atoms with Gasteiger partial charge in [0.15, 0.2) is 6.29 Å². The van der Waals surface area contributed by atoms with Crippen LogP contribution in [0.5, 0.6) is 0 Å². The molecule has 0 bridgehead atoms. The van der Waals surface area contributed by atoms with Gasteiger partial charge in [-0.3, -0.25) is 0 Å². The highest BCUT2D eigenvalue weighted by molar-refractivity contribution is 5.30. The Hall–Kier alpha value is -2.00. The summed E-state index contributed by atoms with van der Waals surface area (Å²) < 4.78 is 12.1. The van der Waals surface area contributed by atoms with E-state index in [1.165, 1.54) is 10.9 Å². The second kappa shape index (κ2) is 9.87. The van der Waals surface area contributed by atoms with Crippen molar-refractivity contribution in [3.05, 3.63) is 42.2 Å². The second-order valence-corrected chi connectivity index (χ2v) is 6.92. The van der Waals surface area contributed by atoms with Crippen molar-refractivity contribution >= 4 is 0 Å². The number of nitrogens with zero attached hydrogens (tertiary/aromatic N) is 3. The lowest BCUT2D eigenvalue weighted by Crippen LogP contribution is -2.60. The minimum Gasteiger partial charge on any atom is -0.394 e. The average Bonchev–Trinajstić information content (AvgIpc) is 3.27. The molecule has 1 aromatic carbocycles. The van der Waals surface area contributed by atoms with Crippen LogP contribution in [0.2, 0.25) is 0 Å². The fourth-order valence-electron chi connectivity index (χ4n) is 3.10. The summed E-state index contributed by atoms with van der Waals surface area (Å²) in [4.78, 5) is 0. The normalized spacial score (nSPS) is 30.0. The molecule has 8 atom stereocenters. The highest BCUT2D eigenvalue weighted by atomic mass is 16.7. The summed E-state index contributed by atoms with van der Waals surface area (Å²) in [6.45, 7) is -1.47. The molecule has 12 heteroatoms. The lowest BCUT2D eigenvalue weighted by molar-refractivity contribution is -0.325. The summed E-state index contributed by atoms with van der Waals surface area (Å²) in [6.07, 6.45) is -11.3. The van der Waals surface area contributed by atoms with Crippen LogP contribution in [0.3, 0.4) is 0 Å². The van der Waals surface area contributed by atoms with Crippen molar-refractivity contribution in [3.8, 4) is 5.69 Å². The van der Waals surface area contributed by atoms with Gasteiger partial charge in [0.05, 0.1) is 25.1 Å². The predicted octanol–water partition coefficient (Wildman–Crippen LogP) is -3.16. The van der Waals surface area contributed by atoms with Gasteiger partial charge < -0.3 is 45.2 Å². The Labute approximate surface area is 171 Å². The van der Waals surface area contributed by atoms with Crippen LogP contribution in [0, 0.1) is 0 Å². The molecule has 0 aliphatic carbocycles. The van der Waals surface area contributed by atoms with E-state index in [4.69, 9.17) is 9.47 Å². The lowest BCUT2D eigenvalue weighted by Gasteiger charge is -2.41. The van der Waals surface area contributed by atoms with Crippen LogP contribution in [0.15, 0.2) is 36.5 Å². The van der Waals surface area contributed by atoms with E-state index in [9.17, 15) is 35.7 Å². The van der Waals surface area contributed by atoms with Gasteiger partial charge in [0, 0.05) is 0 Å². The molecule has 3 rings (SSSR count). The molecule has 0 spiro atoms. The molecule has 1 saturated heterocycles. The average molecular weight is 427 g/mol. The van der Waals surface area contributed by atoms with Gasteiger partial charge in [0.1, 0.15) is 48.4 Å². The van der Waals surface area contributed by atoms with Crippen molar-refractivity contribution in [2.24, 2.45) is 0 Å². The van der Waals surface area contributed by atoms with Gasteiger partial charge >= 0.3 is 0 Å². The Bertz CT molecular complexity index is 790. The number of para-hydroxylation sites is 1. The number of benzene rings is 1. The molecule has 30 heavy (non-hydrogen) atoms. The molecule has 2 aromatic rings. The zero-order chi connectivity index (χ0) is 21.8. The van der Waals surface area contributed by atoms with Crippen molar-refractivity contribution in [1.29, 1.82) is 0 Å². The fourth-order valence-corrected chi connectivity index (χ4v) is 3.10. The first-order valence-corrected chi connectivity index (χ1v) is 9.28. The second-order valence-electron chi connectivity index (χ2n) is 6.92. The van der Waals surface area contributed by atoms with E-state index in [2.05, 4.69) is 10.3 Å². The minimum atomic E-state index is -1.75. The molecule has 0 saturated carbocycles. The van der Waals surface area contributed by atoms with Crippen LogP contribution >= 0.6 is 0 Å². The van der Waals surface area contributed by atoms with Crippen LogP contribution in [-0.2, 0) is 9.47 Å². The third kappa shape index (κ3) is 4.67. The topological polar surface area (TPSA) is 191 Å². The van der Waals surface area contributed by atoms with E-state index < -0.39 is 62.2 Å². The number of aromatic nitrogens is 3. The number of rotatable bonds is 8. The van der Waals surface area contributed by atoms with E-state index in [1.807, 2.05) is 6.07 Å². The number of ether oxygens (including phenoxy) is 2. The summed E-state index contributed by atoms with van der Waals surface area (Å²) in [5, 5.41) is 77.1. The number of hydrogen-bond acceptors (Lipinski definition) is 11. The summed E-state index contributed by atoms with van der Waals surface area (Å²) in [5.74, 6) is 0. The smallest absolute Gasteiger partial charge is 0.187 e. The predicted molar refractivity (Wildman–Crippen MR) is 98.1 cm³/mol. The molecule has 0 radical (unpaired) electrons. The first-order valence-electron chi connectivity index (χ1n) is 9.28. The molecule has 3 unspecified atom stereocenters. The molecular weight excluding hydrogens is 402 g/mol. The van der Waals surface area contributed by atoms with Crippen LogP contribution < -0.4 is 0 Å². The summed E-state index contributed by atoms with van der Waals surface area (Å²) in [7, 11) is 0. The quantitative estimate of drug-likeness (QED) is 0.225. The van der Waals surface area contributed by atoms with Gasteiger partial charge in [-0.2, -0.15) is 0 Å². The largest absolute Gasteiger partial charge is 0.394 e. The number of hydrogen-bond donors (Lipinski definition) is 7. The fraction of sp³-hybridized carbons (Fsp3) is 0.556. The molecule has 0 amide bonds. The monoisotopic (exact) mass is 427 g/mol. The molecule has 166 valence electrons. The molecule has 12 nitrogen and oxygen atoms in total. The third-order valence-electron chi connectivity index (χ3n) is 4.85. The van der Waals surface area contributed by atoms with Crippen LogP contribution in [0.25, 0.3) is 5.69 Å². The van der Waals surface area contributed by atoms with Crippen molar-refractivity contribution in [2.75, 3.05) is 13.2 Å². The van der Waals surface area contributed by atoms with Gasteiger partial charge in [-0.05, 0) is 12.1 Å². The molecule has 1 aromatic heterocycles. The van der Waals surface area contributed by atoms with E-state index in [1.54, 1.807) is 24.3 Å². The van der Waals surface area contributed by atoms with Crippen molar-refractivity contribution < 1.29 is 45.2 Å². The van der Waals surface area contributed by atoms with Gasteiger partial charge in [0.2, 0.25) is 0 Å². The van der Waals surface area contributed by atoms with Crippen molar-refractivity contribution in [2.45, 2.75) is 49.0 Å². The Kier molecular flexibility index (Phi) is 7.46. The number of aliphatic hydroxyl groups excluding tert-OH is 7. The molecular formula is C18H25N3O9. The van der Waals surface area contributed by atoms with E-state index in [0.717, 1.165) is 0 Å². The Morgan fingerprint density at radius 2 is 1.73 bits per heavy atom. The van der Waals surface area contributed by atoms with Gasteiger partial charge in [-0.1, -0.05) is 23.4 Å². The maximum Gasteiger partial charge on any atom is 0.187 e. The lowest BCUT2D eigenvalue weighted by atomic mass is 9.99. The highest BCUT2D eigenvalue weighted by Crippen LogP contribution is 2.28. The summed E-state index contributed by atoms with van der Waals surface area (Å²) in [6, 6.07) is 8.91. The Balaban J connectivity index is 1.80. The van der Waals surface area contributed by atoms with Gasteiger partial charge in [-0.15, -0.1) is 5.10 Å². The van der Waals surface area contributed by atoms with Crippen LogP contribution in [-0.4, -0.2) is 107 Å². The Morgan fingerprint density at radius 3 is 2.37 bits per heavy atom.